The number of benzene rings is 3. The van der Waals surface area contributed by atoms with Crippen LogP contribution in [0.4, 0.5) is 0 Å². The Kier molecular flexibility index (Phi) is 6.20. The maximum Gasteiger partial charge on any atom is 0.213 e. The molecule has 2 atom stereocenters. The minimum atomic E-state index is -0.283. The molecule has 3 aromatic rings. The van der Waals surface area contributed by atoms with Gasteiger partial charge in [-0.1, -0.05) is 31.5 Å². The van der Waals surface area contributed by atoms with E-state index in [1.807, 2.05) is 37.3 Å². The van der Waals surface area contributed by atoms with E-state index < -0.39 is 0 Å². The smallest absolute Gasteiger partial charge is 0.213 e. The summed E-state index contributed by atoms with van der Waals surface area (Å²) >= 11 is 0. The maximum atomic E-state index is 6.46. The summed E-state index contributed by atoms with van der Waals surface area (Å²) in [6, 6.07) is 24.9. The number of hydrazone groups is 1. The van der Waals surface area contributed by atoms with E-state index >= 15 is 0 Å². The zero-order chi connectivity index (χ0) is 22.6. The molecule has 0 aromatic heterocycles. The molecule has 5 nitrogen and oxygen atoms in total. The number of nitrogens with zero attached hydrogens (tertiary/aromatic N) is 2. The third-order valence-corrected chi connectivity index (χ3v) is 6.13. The summed E-state index contributed by atoms with van der Waals surface area (Å²) < 4.78 is 17.9. The molecule has 33 heavy (non-hydrogen) atoms. The van der Waals surface area contributed by atoms with Crippen LogP contribution in [0.3, 0.4) is 0 Å². The largest absolute Gasteiger partial charge is 0.494 e. The highest BCUT2D eigenvalue weighted by molar-refractivity contribution is 6.02. The topological polar surface area (TPSA) is 43.3 Å². The lowest BCUT2D eigenvalue weighted by atomic mass is 9.96. The highest BCUT2D eigenvalue weighted by Crippen LogP contribution is 2.47. The molecule has 0 fully saturated rings. The number of para-hydroxylation sites is 1. The molecule has 170 valence electrons. The molecule has 0 N–H and O–H groups in total. The lowest BCUT2D eigenvalue weighted by Crippen LogP contribution is -2.33. The Hall–Kier alpha value is -3.47. The lowest BCUT2D eigenvalue weighted by Gasteiger charge is -2.38. The second-order valence-corrected chi connectivity index (χ2v) is 8.38. The van der Waals surface area contributed by atoms with Crippen molar-refractivity contribution in [3.63, 3.8) is 0 Å². The molecule has 0 aliphatic carbocycles. The lowest BCUT2D eigenvalue weighted by molar-refractivity contribution is -0.0190. The van der Waals surface area contributed by atoms with Crippen molar-refractivity contribution in [1.29, 1.82) is 0 Å². The van der Waals surface area contributed by atoms with E-state index in [0.717, 1.165) is 60.0 Å². The molecule has 3 aromatic carbocycles. The van der Waals surface area contributed by atoms with Crippen molar-refractivity contribution >= 4 is 5.71 Å². The van der Waals surface area contributed by atoms with Crippen molar-refractivity contribution in [1.82, 2.24) is 5.01 Å². The fraction of sp³-hybridized carbons (Fsp3) is 0.321. The van der Waals surface area contributed by atoms with Gasteiger partial charge in [-0.3, -0.25) is 0 Å². The van der Waals surface area contributed by atoms with Gasteiger partial charge in [0.15, 0.2) is 0 Å². The van der Waals surface area contributed by atoms with Gasteiger partial charge in [-0.15, -0.1) is 0 Å². The molecule has 5 heteroatoms. The van der Waals surface area contributed by atoms with Gasteiger partial charge in [0, 0.05) is 17.5 Å². The highest BCUT2D eigenvalue weighted by atomic mass is 16.5. The first-order chi connectivity index (χ1) is 16.3. The van der Waals surface area contributed by atoms with E-state index in [0.29, 0.717) is 6.61 Å². The molecular weight excluding hydrogens is 412 g/mol. The summed E-state index contributed by atoms with van der Waals surface area (Å²) in [4.78, 5) is 0. The first kappa shape index (κ1) is 21.4. The Morgan fingerprint density at radius 1 is 0.909 bits per heavy atom. The van der Waals surface area contributed by atoms with Crippen molar-refractivity contribution < 1.29 is 14.2 Å². The van der Waals surface area contributed by atoms with Gasteiger partial charge >= 0.3 is 0 Å². The molecule has 0 saturated heterocycles. The molecule has 2 aliphatic heterocycles. The molecule has 0 spiro atoms. The number of unbranched alkanes of at least 4 members (excludes halogenated alkanes) is 1. The van der Waals surface area contributed by atoms with E-state index in [2.05, 4.69) is 54.4 Å². The fourth-order valence-electron chi connectivity index (χ4n) is 4.40. The van der Waals surface area contributed by atoms with Crippen LogP contribution in [-0.2, 0) is 0 Å². The van der Waals surface area contributed by atoms with Gasteiger partial charge in [-0.25, -0.2) is 5.01 Å². The summed E-state index contributed by atoms with van der Waals surface area (Å²) in [6.07, 6.45) is 2.74. The van der Waals surface area contributed by atoms with Crippen LogP contribution in [0, 0.1) is 0 Å². The Bertz CT molecular complexity index is 1110. The summed E-state index contributed by atoms with van der Waals surface area (Å²) in [6.45, 7) is 5.56. The normalized spacial score (nSPS) is 18.7. The van der Waals surface area contributed by atoms with Crippen molar-refractivity contribution in [2.75, 3.05) is 13.2 Å². The van der Waals surface area contributed by atoms with E-state index in [9.17, 15) is 0 Å². The van der Waals surface area contributed by atoms with Crippen LogP contribution < -0.4 is 14.2 Å². The maximum absolute atomic E-state index is 6.46. The molecule has 0 unspecified atom stereocenters. The molecule has 2 heterocycles. The zero-order valence-electron chi connectivity index (χ0n) is 19.2. The number of fused-ring (bicyclic) bond motifs is 3. The average molecular weight is 443 g/mol. The SMILES string of the molecule is CCCCOc1ccc([C@@H]2Oc3ccccc3[C@@H]3CC(c4ccc(OCC)cc4)=NN32)cc1. The van der Waals surface area contributed by atoms with Gasteiger partial charge in [0.1, 0.15) is 17.2 Å². The molecule has 2 aliphatic rings. The summed E-state index contributed by atoms with van der Waals surface area (Å²) in [5, 5.41) is 7.16. The van der Waals surface area contributed by atoms with Crippen LogP contribution in [0.1, 0.15) is 62.1 Å². The highest BCUT2D eigenvalue weighted by Gasteiger charge is 2.40. The van der Waals surface area contributed by atoms with Gasteiger partial charge in [0.2, 0.25) is 6.23 Å². The van der Waals surface area contributed by atoms with Crippen LogP contribution in [0.25, 0.3) is 0 Å². The van der Waals surface area contributed by atoms with Crippen molar-refractivity contribution in [3.8, 4) is 17.2 Å². The number of hydrogen-bond donors (Lipinski definition) is 0. The predicted molar refractivity (Wildman–Crippen MR) is 130 cm³/mol. The zero-order valence-corrected chi connectivity index (χ0v) is 19.2. The Morgan fingerprint density at radius 3 is 2.39 bits per heavy atom. The Balaban J connectivity index is 1.43. The van der Waals surface area contributed by atoms with Crippen molar-refractivity contribution in [3.05, 3.63) is 89.5 Å². The van der Waals surface area contributed by atoms with Crippen LogP contribution in [0.5, 0.6) is 17.2 Å². The summed E-state index contributed by atoms with van der Waals surface area (Å²) in [5.41, 5.74) is 4.42. The fourth-order valence-corrected chi connectivity index (χ4v) is 4.40. The molecular formula is C28H30N2O3. The first-order valence-electron chi connectivity index (χ1n) is 11.8. The van der Waals surface area contributed by atoms with Crippen LogP contribution in [0.2, 0.25) is 0 Å². The van der Waals surface area contributed by atoms with E-state index in [1.54, 1.807) is 0 Å². The number of rotatable bonds is 8. The second-order valence-electron chi connectivity index (χ2n) is 8.38. The van der Waals surface area contributed by atoms with E-state index in [4.69, 9.17) is 19.3 Å². The summed E-state index contributed by atoms with van der Waals surface area (Å²) in [5.74, 6) is 2.69. The van der Waals surface area contributed by atoms with Gasteiger partial charge in [0.05, 0.1) is 25.0 Å². The molecule has 0 bridgehead atoms. The van der Waals surface area contributed by atoms with Crippen molar-refractivity contribution in [2.45, 2.75) is 45.4 Å². The molecule has 5 rings (SSSR count). The van der Waals surface area contributed by atoms with Crippen LogP contribution in [-0.4, -0.2) is 23.9 Å². The third kappa shape index (κ3) is 4.40. The van der Waals surface area contributed by atoms with E-state index in [1.165, 1.54) is 5.56 Å². The number of hydrogen-bond acceptors (Lipinski definition) is 5. The van der Waals surface area contributed by atoms with Crippen molar-refractivity contribution in [2.24, 2.45) is 5.10 Å². The standard InChI is InChI=1S/C28H30N2O3/c1-3-5-18-32-23-16-12-21(13-17-23)28-30-26(24-8-6-7-9-27(24)33-28)19-25(29-30)20-10-14-22(15-11-20)31-4-2/h6-17,26,28H,3-5,18-19H2,1-2H3/t26-,28-/m0/s1. The van der Waals surface area contributed by atoms with E-state index in [-0.39, 0.29) is 12.3 Å². The minimum absolute atomic E-state index is 0.141. The molecule has 0 radical (unpaired) electrons. The Morgan fingerprint density at radius 2 is 1.64 bits per heavy atom. The van der Waals surface area contributed by atoms with Gasteiger partial charge in [0.25, 0.3) is 0 Å². The van der Waals surface area contributed by atoms with Gasteiger partial charge in [-0.05, 0) is 73.5 Å². The minimum Gasteiger partial charge on any atom is -0.494 e. The monoisotopic (exact) mass is 442 g/mol. The second kappa shape index (κ2) is 9.57. The average Bonchev–Trinajstić information content (AvgIpc) is 3.31. The first-order valence-corrected chi connectivity index (χ1v) is 11.8. The van der Waals surface area contributed by atoms with Gasteiger partial charge < -0.3 is 14.2 Å². The predicted octanol–water partition coefficient (Wildman–Crippen LogP) is 6.51. The molecule has 0 amide bonds. The quantitative estimate of drug-likeness (QED) is 0.373. The third-order valence-electron chi connectivity index (χ3n) is 6.13. The van der Waals surface area contributed by atoms with Crippen LogP contribution in [0.15, 0.2) is 77.9 Å². The van der Waals surface area contributed by atoms with Gasteiger partial charge in [-0.2, -0.15) is 5.10 Å². The van der Waals surface area contributed by atoms with Crippen LogP contribution >= 0.6 is 0 Å². The summed E-state index contributed by atoms with van der Waals surface area (Å²) in [7, 11) is 0. The number of ether oxygens (including phenoxy) is 3. The Labute approximate surface area is 195 Å². The molecule has 0 saturated carbocycles.